The number of amidine groups is 2. The van der Waals surface area contributed by atoms with E-state index in [1.807, 2.05) is 60.7 Å². The number of nitrogens with zero attached hydrogens (tertiary/aromatic N) is 3. The Morgan fingerprint density at radius 1 is 0.595 bits per heavy atom. The third kappa shape index (κ3) is 4.85. The minimum atomic E-state index is -0.275. The van der Waals surface area contributed by atoms with Crippen LogP contribution in [0.5, 0.6) is 0 Å². The first-order valence-electron chi connectivity index (χ1n) is 13.9. The maximum absolute atomic E-state index is 9.36. The number of nitrogens with one attached hydrogen (secondary N) is 1. The summed E-state index contributed by atoms with van der Waals surface area (Å²) in [7, 11) is 0. The average Bonchev–Trinajstić information content (AvgIpc) is 3.08. The van der Waals surface area contributed by atoms with E-state index < -0.39 is 0 Å². The Kier molecular flexibility index (Phi) is 6.60. The molecule has 0 amide bonds. The summed E-state index contributed by atoms with van der Waals surface area (Å²) in [5.41, 5.74) is 7.99. The Hall–Kier alpha value is -5.79. The van der Waals surface area contributed by atoms with E-state index in [1.165, 1.54) is 0 Å². The van der Waals surface area contributed by atoms with Gasteiger partial charge in [0.2, 0.25) is 0 Å². The Balaban J connectivity index is 1.38. The molecule has 6 aromatic rings. The molecule has 0 aliphatic carbocycles. The minimum Gasteiger partial charge on any atom is -0.344 e. The van der Waals surface area contributed by atoms with Crippen molar-refractivity contribution in [3.8, 4) is 28.3 Å². The molecule has 1 aliphatic rings. The standard InChI is InChI=1S/C38H26N4/c39-25-26-10-9-16-32(24-26)27-18-20-29(21-19-27)35-33-17-8-7-11-28(33)22-23-34(35)38-41-36(30-12-3-1-4-13-30)40-37(42-38)31-14-5-2-6-15-31/h1-24,36H,(H,40,41,42). The van der Waals surface area contributed by atoms with Gasteiger partial charge in [0.05, 0.1) is 11.6 Å². The van der Waals surface area contributed by atoms with Crippen LogP contribution in [0, 0.1) is 11.3 Å². The molecule has 0 spiro atoms. The topological polar surface area (TPSA) is 60.5 Å². The van der Waals surface area contributed by atoms with Crippen LogP contribution in [-0.2, 0) is 0 Å². The second kappa shape index (κ2) is 11.0. The Morgan fingerprint density at radius 2 is 1.29 bits per heavy atom. The van der Waals surface area contributed by atoms with Gasteiger partial charge in [0, 0.05) is 16.7 Å². The summed E-state index contributed by atoms with van der Waals surface area (Å²) in [6.07, 6.45) is -0.275. The van der Waals surface area contributed by atoms with E-state index in [9.17, 15) is 5.26 Å². The van der Waals surface area contributed by atoms with Crippen molar-refractivity contribution in [1.82, 2.24) is 5.32 Å². The quantitative estimate of drug-likeness (QED) is 0.239. The lowest BCUT2D eigenvalue weighted by molar-refractivity contribution is 0.674. The molecule has 0 saturated carbocycles. The van der Waals surface area contributed by atoms with Gasteiger partial charge < -0.3 is 5.32 Å². The third-order valence-electron chi connectivity index (χ3n) is 7.57. The highest BCUT2D eigenvalue weighted by atomic mass is 15.2. The van der Waals surface area contributed by atoms with Crippen LogP contribution >= 0.6 is 0 Å². The van der Waals surface area contributed by atoms with Crippen LogP contribution < -0.4 is 5.32 Å². The second-order valence-electron chi connectivity index (χ2n) is 10.2. The van der Waals surface area contributed by atoms with Crippen LogP contribution in [0.2, 0.25) is 0 Å². The molecule has 0 bridgehead atoms. The molecular formula is C38H26N4. The number of hydrogen-bond acceptors (Lipinski definition) is 4. The summed E-state index contributed by atoms with van der Waals surface area (Å²) in [6.45, 7) is 0. The molecule has 6 aromatic carbocycles. The van der Waals surface area contributed by atoms with Crippen molar-refractivity contribution in [2.45, 2.75) is 6.17 Å². The highest BCUT2D eigenvalue weighted by Gasteiger charge is 2.23. The largest absolute Gasteiger partial charge is 0.344 e. The number of rotatable bonds is 5. The zero-order chi connectivity index (χ0) is 28.3. The van der Waals surface area contributed by atoms with Gasteiger partial charge in [-0.05, 0) is 45.2 Å². The Bertz CT molecular complexity index is 2000. The smallest absolute Gasteiger partial charge is 0.159 e. The summed E-state index contributed by atoms with van der Waals surface area (Å²) >= 11 is 0. The fourth-order valence-corrected chi connectivity index (χ4v) is 5.49. The summed E-state index contributed by atoms with van der Waals surface area (Å²) < 4.78 is 0. The number of aliphatic imine (C=N–C) groups is 2. The van der Waals surface area contributed by atoms with Crippen LogP contribution in [0.3, 0.4) is 0 Å². The van der Waals surface area contributed by atoms with E-state index >= 15 is 0 Å². The predicted molar refractivity (Wildman–Crippen MR) is 171 cm³/mol. The lowest BCUT2D eigenvalue weighted by Crippen LogP contribution is -2.34. The van der Waals surface area contributed by atoms with E-state index in [2.05, 4.69) is 96.3 Å². The van der Waals surface area contributed by atoms with Crippen molar-refractivity contribution in [3.05, 3.63) is 168 Å². The molecule has 0 fully saturated rings. The summed E-state index contributed by atoms with van der Waals surface area (Å²) in [5, 5.41) is 15.3. The minimum absolute atomic E-state index is 0.275. The number of benzene rings is 6. The number of fused-ring (bicyclic) bond motifs is 1. The Labute approximate surface area is 245 Å². The fraction of sp³-hybridized carbons (Fsp3) is 0.0263. The lowest BCUT2D eigenvalue weighted by Gasteiger charge is -2.25. The van der Waals surface area contributed by atoms with Crippen LogP contribution in [0.1, 0.15) is 28.4 Å². The molecule has 4 heteroatoms. The van der Waals surface area contributed by atoms with Crippen LogP contribution in [0.25, 0.3) is 33.0 Å². The van der Waals surface area contributed by atoms with Gasteiger partial charge in [-0.2, -0.15) is 5.26 Å². The highest BCUT2D eigenvalue weighted by Crippen LogP contribution is 2.35. The fourth-order valence-electron chi connectivity index (χ4n) is 5.49. The molecule has 198 valence electrons. The normalized spacial score (nSPS) is 14.4. The molecule has 0 radical (unpaired) electrons. The SMILES string of the molecule is N#Cc1cccc(-c2ccc(-c3c(C4=NC(c5ccccc5)=NC(c5ccccc5)N4)ccc4ccccc34)cc2)c1. The maximum atomic E-state index is 9.36. The molecule has 1 unspecified atom stereocenters. The van der Waals surface area contributed by atoms with Gasteiger partial charge in [-0.1, -0.05) is 133 Å². The number of nitriles is 1. The van der Waals surface area contributed by atoms with Gasteiger partial charge in [0.25, 0.3) is 0 Å². The Morgan fingerprint density at radius 3 is 2.07 bits per heavy atom. The molecule has 0 saturated heterocycles. The van der Waals surface area contributed by atoms with Crippen molar-refractivity contribution < 1.29 is 0 Å². The third-order valence-corrected chi connectivity index (χ3v) is 7.57. The van der Waals surface area contributed by atoms with Crippen LogP contribution in [0.4, 0.5) is 0 Å². The van der Waals surface area contributed by atoms with E-state index in [0.29, 0.717) is 11.4 Å². The van der Waals surface area contributed by atoms with Crippen molar-refractivity contribution >= 4 is 22.4 Å². The lowest BCUT2D eigenvalue weighted by atomic mass is 9.91. The maximum Gasteiger partial charge on any atom is 0.159 e. The van der Waals surface area contributed by atoms with Crippen molar-refractivity contribution in [3.63, 3.8) is 0 Å². The molecule has 42 heavy (non-hydrogen) atoms. The first-order chi connectivity index (χ1) is 20.8. The molecule has 7 rings (SSSR count). The first kappa shape index (κ1) is 25.2. The average molecular weight is 539 g/mol. The van der Waals surface area contributed by atoms with E-state index in [0.717, 1.165) is 55.6 Å². The van der Waals surface area contributed by atoms with Crippen molar-refractivity contribution in [1.29, 1.82) is 5.26 Å². The first-order valence-corrected chi connectivity index (χ1v) is 13.9. The summed E-state index contributed by atoms with van der Waals surface area (Å²) in [4.78, 5) is 10.1. The van der Waals surface area contributed by atoms with E-state index in [1.54, 1.807) is 0 Å². The molecule has 1 aliphatic heterocycles. The second-order valence-corrected chi connectivity index (χ2v) is 10.2. The molecule has 1 heterocycles. The van der Waals surface area contributed by atoms with Gasteiger partial charge in [-0.3, -0.25) is 0 Å². The van der Waals surface area contributed by atoms with Gasteiger partial charge >= 0.3 is 0 Å². The molecule has 1 N–H and O–H groups in total. The van der Waals surface area contributed by atoms with Gasteiger partial charge in [0.15, 0.2) is 5.84 Å². The molecule has 4 nitrogen and oxygen atoms in total. The highest BCUT2D eigenvalue weighted by molar-refractivity contribution is 6.18. The molecular weight excluding hydrogens is 512 g/mol. The van der Waals surface area contributed by atoms with E-state index in [4.69, 9.17) is 9.98 Å². The van der Waals surface area contributed by atoms with Gasteiger partial charge in [-0.25, -0.2) is 9.98 Å². The van der Waals surface area contributed by atoms with E-state index in [-0.39, 0.29) is 6.17 Å². The molecule has 0 aromatic heterocycles. The van der Waals surface area contributed by atoms with Crippen LogP contribution in [-0.4, -0.2) is 11.7 Å². The zero-order valence-electron chi connectivity index (χ0n) is 22.8. The predicted octanol–water partition coefficient (Wildman–Crippen LogP) is 8.54. The van der Waals surface area contributed by atoms with Gasteiger partial charge in [-0.15, -0.1) is 0 Å². The monoisotopic (exact) mass is 538 g/mol. The zero-order valence-corrected chi connectivity index (χ0v) is 22.8. The summed E-state index contributed by atoms with van der Waals surface area (Å²) in [6, 6.07) is 51.7. The van der Waals surface area contributed by atoms with Gasteiger partial charge in [0.1, 0.15) is 12.0 Å². The van der Waals surface area contributed by atoms with Crippen LogP contribution in [0.15, 0.2) is 156 Å². The van der Waals surface area contributed by atoms with Crippen molar-refractivity contribution in [2.24, 2.45) is 9.98 Å². The molecule has 1 atom stereocenters. The number of hydrogen-bond donors (Lipinski definition) is 1. The van der Waals surface area contributed by atoms with Crippen molar-refractivity contribution in [2.75, 3.05) is 0 Å². The summed E-state index contributed by atoms with van der Waals surface area (Å²) in [5.74, 6) is 1.48.